The number of anilines is 1. The van der Waals surface area contributed by atoms with Gasteiger partial charge in [0.15, 0.2) is 0 Å². The zero-order valence-corrected chi connectivity index (χ0v) is 22.5. The van der Waals surface area contributed by atoms with Crippen molar-refractivity contribution >= 4 is 17.6 Å². The SMILES string of the molecule is CCN1CCCC(NC(=O)c2ccc(N3C4CCC3CC(NC(=O)c3ccc5c(c3C)OCC5)C4)nc2)C1. The van der Waals surface area contributed by atoms with Gasteiger partial charge >= 0.3 is 0 Å². The fourth-order valence-electron chi connectivity index (χ4n) is 6.99. The Kier molecular flexibility index (Phi) is 6.99. The molecule has 0 saturated carbocycles. The molecule has 8 heteroatoms. The van der Waals surface area contributed by atoms with Crippen molar-refractivity contribution in [2.24, 2.45) is 0 Å². The molecule has 202 valence electrons. The van der Waals surface area contributed by atoms with Gasteiger partial charge in [-0.1, -0.05) is 13.0 Å². The van der Waals surface area contributed by atoms with Gasteiger partial charge in [-0.2, -0.15) is 0 Å². The summed E-state index contributed by atoms with van der Waals surface area (Å²) in [7, 11) is 0. The van der Waals surface area contributed by atoms with Crippen LogP contribution in [-0.4, -0.2) is 72.1 Å². The predicted octanol–water partition coefficient (Wildman–Crippen LogP) is 3.47. The van der Waals surface area contributed by atoms with Crippen LogP contribution in [0.4, 0.5) is 5.82 Å². The lowest BCUT2D eigenvalue weighted by Crippen LogP contribution is -2.51. The molecule has 3 fully saturated rings. The quantitative estimate of drug-likeness (QED) is 0.610. The molecule has 2 N–H and O–H groups in total. The van der Waals surface area contributed by atoms with E-state index in [1.807, 2.05) is 31.2 Å². The fraction of sp³-hybridized carbons (Fsp3) is 0.567. The van der Waals surface area contributed by atoms with Gasteiger partial charge in [0, 0.05) is 54.5 Å². The Morgan fingerprint density at radius 1 is 1.03 bits per heavy atom. The van der Waals surface area contributed by atoms with Crippen molar-refractivity contribution in [2.45, 2.75) is 83.0 Å². The number of benzene rings is 1. The largest absolute Gasteiger partial charge is 0.493 e. The van der Waals surface area contributed by atoms with Gasteiger partial charge in [-0.05, 0) is 82.3 Å². The number of likely N-dealkylation sites (N-methyl/N-ethyl adjacent to an activating group) is 1. The molecule has 4 aliphatic heterocycles. The van der Waals surface area contributed by atoms with Crippen molar-refractivity contribution in [3.63, 3.8) is 0 Å². The molecule has 4 aliphatic rings. The van der Waals surface area contributed by atoms with Crippen molar-refractivity contribution in [1.29, 1.82) is 0 Å². The van der Waals surface area contributed by atoms with Crippen molar-refractivity contribution < 1.29 is 14.3 Å². The molecule has 0 radical (unpaired) electrons. The molecular weight excluding hydrogens is 478 g/mol. The van der Waals surface area contributed by atoms with E-state index in [2.05, 4.69) is 27.4 Å². The lowest BCUT2D eigenvalue weighted by atomic mass is 9.96. The van der Waals surface area contributed by atoms with Crippen LogP contribution in [0.25, 0.3) is 0 Å². The van der Waals surface area contributed by atoms with Crippen LogP contribution in [0.3, 0.4) is 0 Å². The van der Waals surface area contributed by atoms with Crippen LogP contribution < -0.4 is 20.3 Å². The van der Waals surface area contributed by atoms with Crippen LogP contribution in [-0.2, 0) is 6.42 Å². The van der Waals surface area contributed by atoms with Crippen LogP contribution in [0.2, 0.25) is 0 Å². The maximum Gasteiger partial charge on any atom is 0.253 e. The maximum atomic E-state index is 13.2. The highest BCUT2D eigenvalue weighted by atomic mass is 16.5. The Bertz CT molecular complexity index is 1190. The monoisotopic (exact) mass is 517 g/mol. The van der Waals surface area contributed by atoms with E-state index < -0.39 is 0 Å². The van der Waals surface area contributed by atoms with Gasteiger partial charge in [0.05, 0.1) is 12.2 Å². The number of amides is 2. The average Bonchev–Trinajstić information content (AvgIpc) is 3.52. The molecule has 2 aromatic rings. The number of aromatic nitrogens is 1. The summed E-state index contributed by atoms with van der Waals surface area (Å²) in [6.45, 7) is 7.90. The van der Waals surface area contributed by atoms with Gasteiger partial charge in [0.25, 0.3) is 11.8 Å². The van der Waals surface area contributed by atoms with E-state index in [0.717, 1.165) is 81.7 Å². The first-order valence-corrected chi connectivity index (χ1v) is 14.3. The molecule has 3 unspecified atom stereocenters. The van der Waals surface area contributed by atoms with Gasteiger partial charge in [0.1, 0.15) is 11.6 Å². The minimum absolute atomic E-state index is 0.00726. The zero-order valence-electron chi connectivity index (χ0n) is 22.5. The number of nitrogens with one attached hydrogen (secondary N) is 2. The molecule has 0 aliphatic carbocycles. The van der Waals surface area contributed by atoms with E-state index in [1.165, 1.54) is 5.56 Å². The Morgan fingerprint density at radius 3 is 2.55 bits per heavy atom. The Morgan fingerprint density at radius 2 is 1.82 bits per heavy atom. The summed E-state index contributed by atoms with van der Waals surface area (Å²) < 4.78 is 5.77. The molecule has 38 heavy (non-hydrogen) atoms. The number of hydrogen-bond donors (Lipinski definition) is 2. The smallest absolute Gasteiger partial charge is 0.253 e. The third kappa shape index (κ3) is 4.86. The molecule has 2 bridgehead atoms. The Labute approximate surface area is 225 Å². The average molecular weight is 518 g/mol. The number of piperidine rings is 2. The number of carbonyl (C=O) groups excluding carboxylic acids is 2. The Hall–Kier alpha value is -3.13. The van der Waals surface area contributed by atoms with Gasteiger partial charge in [-0.25, -0.2) is 4.98 Å². The van der Waals surface area contributed by atoms with Gasteiger partial charge in [0.2, 0.25) is 0 Å². The highest BCUT2D eigenvalue weighted by molar-refractivity contribution is 5.97. The molecule has 3 saturated heterocycles. The van der Waals surface area contributed by atoms with E-state index >= 15 is 0 Å². The van der Waals surface area contributed by atoms with Gasteiger partial charge in [-0.3, -0.25) is 9.59 Å². The van der Waals surface area contributed by atoms with Crippen molar-refractivity contribution in [3.8, 4) is 5.75 Å². The summed E-state index contributed by atoms with van der Waals surface area (Å²) in [6, 6.07) is 8.91. The second-order valence-corrected chi connectivity index (χ2v) is 11.4. The number of hydrogen-bond acceptors (Lipinski definition) is 6. The molecular formula is C30H39N5O3. The fourth-order valence-corrected chi connectivity index (χ4v) is 6.99. The third-order valence-electron chi connectivity index (χ3n) is 8.98. The number of ether oxygens (including phenoxy) is 1. The van der Waals surface area contributed by atoms with Crippen molar-refractivity contribution in [2.75, 3.05) is 31.1 Å². The second-order valence-electron chi connectivity index (χ2n) is 11.4. The standard InChI is InChI=1S/C30H39N5O3/c1-3-34-13-4-5-22(18-34)32-29(36)21-7-11-27(31-17-21)35-24-8-9-25(35)16-23(15-24)33-30(37)26-10-6-20-12-14-38-28(20)19(26)2/h6-7,10-11,17,22-25H,3-5,8-9,12-16,18H2,1-2H3,(H,32,36)(H,33,37). The second kappa shape index (κ2) is 10.6. The van der Waals surface area contributed by atoms with Crippen LogP contribution in [0, 0.1) is 6.92 Å². The predicted molar refractivity (Wildman–Crippen MR) is 147 cm³/mol. The molecule has 3 atom stereocenters. The number of nitrogens with zero attached hydrogens (tertiary/aromatic N) is 3. The summed E-state index contributed by atoms with van der Waals surface area (Å²) >= 11 is 0. The number of carbonyl (C=O) groups is 2. The van der Waals surface area contributed by atoms with Gasteiger partial charge < -0.3 is 25.2 Å². The van der Waals surface area contributed by atoms with Crippen molar-refractivity contribution in [1.82, 2.24) is 20.5 Å². The number of rotatable bonds is 6. The zero-order chi connectivity index (χ0) is 26.2. The molecule has 0 spiro atoms. The number of likely N-dealkylation sites (tertiary alicyclic amines) is 1. The van der Waals surface area contributed by atoms with E-state index in [-0.39, 0.29) is 23.9 Å². The summed E-state index contributed by atoms with van der Waals surface area (Å²) in [6.07, 6.45) is 8.79. The number of pyridine rings is 1. The first-order valence-electron chi connectivity index (χ1n) is 14.3. The lowest BCUT2D eigenvalue weighted by molar-refractivity contribution is 0.0903. The topological polar surface area (TPSA) is 86.8 Å². The Balaban J connectivity index is 1.07. The minimum atomic E-state index is -0.0383. The van der Waals surface area contributed by atoms with E-state index in [1.54, 1.807) is 6.20 Å². The molecule has 8 nitrogen and oxygen atoms in total. The normalized spacial score (nSPS) is 26.5. The molecule has 2 amide bonds. The highest BCUT2D eigenvalue weighted by Crippen LogP contribution is 2.39. The summed E-state index contributed by atoms with van der Waals surface area (Å²) in [5.41, 5.74) is 3.47. The molecule has 1 aromatic heterocycles. The third-order valence-corrected chi connectivity index (χ3v) is 8.98. The molecule has 6 rings (SSSR count). The number of fused-ring (bicyclic) bond motifs is 3. The van der Waals surface area contributed by atoms with Crippen LogP contribution >= 0.6 is 0 Å². The van der Waals surface area contributed by atoms with Crippen LogP contribution in [0.15, 0.2) is 30.5 Å². The van der Waals surface area contributed by atoms with Crippen molar-refractivity contribution in [3.05, 3.63) is 52.7 Å². The summed E-state index contributed by atoms with van der Waals surface area (Å²) in [4.78, 5) is 35.5. The minimum Gasteiger partial charge on any atom is -0.493 e. The van der Waals surface area contributed by atoms with Gasteiger partial charge in [-0.15, -0.1) is 0 Å². The van der Waals surface area contributed by atoms with Crippen LogP contribution in [0.5, 0.6) is 5.75 Å². The molecule has 1 aromatic carbocycles. The van der Waals surface area contributed by atoms with Crippen LogP contribution in [0.1, 0.15) is 77.3 Å². The molecule has 5 heterocycles. The van der Waals surface area contributed by atoms with E-state index in [0.29, 0.717) is 29.8 Å². The van der Waals surface area contributed by atoms with E-state index in [9.17, 15) is 9.59 Å². The van der Waals surface area contributed by atoms with E-state index in [4.69, 9.17) is 9.72 Å². The summed E-state index contributed by atoms with van der Waals surface area (Å²) in [5.74, 6) is 1.77. The lowest BCUT2D eigenvalue weighted by Gasteiger charge is -2.40. The maximum absolute atomic E-state index is 13.2. The highest BCUT2D eigenvalue weighted by Gasteiger charge is 2.42. The first kappa shape index (κ1) is 25.2. The first-order chi connectivity index (χ1) is 18.5. The summed E-state index contributed by atoms with van der Waals surface area (Å²) in [5, 5.41) is 6.51.